The lowest BCUT2D eigenvalue weighted by molar-refractivity contribution is 0.924. The molecule has 0 N–H and O–H groups in total. The van der Waals surface area contributed by atoms with Gasteiger partial charge in [-0.15, -0.1) is 0 Å². The Morgan fingerprint density at radius 3 is 3.25 bits per heavy atom. The van der Waals surface area contributed by atoms with E-state index in [0.29, 0.717) is 16.5 Å². The minimum atomic E-state index is 0.115. The molecule has 2 aromatic heterocycles. The fourth-order valence-corrected chi connectivity index (χ4v) is 1.27. The lowest BCUT2D eigenvalue weighted by Gasteiger charge is -1.93. The number of halogens is 1. The van der Waals surface area contributed by atoms with Crippen LogP contribution in [0.5, 0.6) is 0 Å². The lowest BCUT2D eigenvalue weighted by Crippen LogP contribution is -1.94. The maximum atomic E-state index is 8.07. The van der Waals surface area contributed by atoms with Crippen LogP contribution >= 0.6 is 11.6 Å². The molecule has 2 rings (SSSR count). The van der Waals surface area contributed by atoms with E-state index in [0.717, 1.165) is 0 Å². The minimum absolute atomic E-state index is 0.115. The Labute approximate surface area is 95.5 Å². The molecule has 0 spiro atoms. The third-order valence-corrected chi connectivity index (χ3v) is 1.96. The molecule has 78 valence electrons. The molecule has 0 bridgehead atoms. The number of imidazole rings is 1. The van der Waals surface area contributed by atoms with Gasteiger partial charge in [-0.3, -0.25) is 0 Å². The first kappa shape index (κ1) is 10.3. The zero-order valence-corrected chi connectivity index (χ0v) is 8.76. The predicted molar refractivity (Wildman–Crippen MR) is 58.9 cm³/mol. The highest BCUT2D eigenvalue weighted by molar-refractivity contribution is 6.29. The summed E-state index contributed by atoms with van der Waals surface area (Å²) in [5.41, 5.74) is 9.34. The highest BCUT2D eigenvalue weighted by atomic mass is 35.5. The van der Waals surface area contributed by atoms with Gasteiger partial charge >= 0.3 is 0 Å². The van der Waals surface area contributed by atoms with Gasteiger partial charge < -0.3 is 0 Å². The van der Waals surface area contributed by atoms with Crippen molar-refractivity contribution in [2.75, 3.05) is 6.54 Å². The summed E-state index contributed by atoms with van der Waals surface area (Å²) >= 11 is 5.76. The molecule has 0 saturated carbocycles. The second kappa shape index (κ2) is 4.53. The molecule has 0 aliphatic heterocycles. The van der Waals surface area contributed by atoms with E-state index in [2.05, 4.69) is 31.9 Å². The van der Waals surface area contributed by atoms with Gasteiger partial charge in [-0.05, 0) is 23.6 Å². The SMILES string of the molecule is [N-]=[N+]=NCC#Cc1cnc2ccc(Cl)nn12. The molecule has 0 saturated heterocycles. The van der Waals surface area contributed by atoms with Crippen molar-refractivity contribution in [1.29, 1.82) is 0 Å². The van der Waals surface area contributed by atoms with Gasteiger partial charge in [0, 0.05) is 4.91 Å². The van der Waals surface area contributed by atoms with Crippen LogP contribution in [0.25, 0.3) is 16.1 Å². The first-order valence-electron chi connectivity index (χ1n) is 4.31. The third kappa shape index (κ3) is 2.06. The van der Waals surface area contributed by atoms with Crippen LogP contribution in [-0.2, 0) is 0 Å². The number of azide groups is 1. The van der Waals surface area contributed by atoms with Gasteiger partial charge in [-0.2, -0.15) is 5.10 Å². The number of fused-ring (bicyclic) bond motifs is 1. The monoisotopic (exact) mass is 232 g/mol. The maximum absolute atomic E-state index is 8.07. The summed E-state index contributed by atoms with van der Waals surface area (Å²) in [5, 5.41) is 7.71. The molecule has 0 aliphatic rings. The van der Waals surface area contributed by atoms with Crippen molar-refractivity contribution in [3.05, 3.63) is 39.6 Å². The number of rotatable bonds is 1. The van der Waals surface area contributed by atoms with Crippen LogP contribution in [0.15, 0.2) is 23.4 Å². The first-order valence-corrected chi connectivity index (χ1v) is 4.69. The number of nitrogens with zero attached hydrogens (tertiary/aromatic N) is 6. The molecular weight excluding hydrogens is 228 g/mol. The Morgan fingerprint density at radius 1 is 1.56 bits per heavy atom. The largest absolute Gasteiger partial charge is 0.234 e. The van der Waals surface area contributed by atoms with E-state index in [-0.39, 0.29) is 6.54 Å². The van der Waals surface area contributed by atoms with Gasteiger partial charge in [0.1, 0.15) is 10.8 Å². The van der Waals surface area contributed by atoms with Gasteiger partial charge in [0.25, 0.3) is 0 Å². The van der Waals surface area contributed by atoms with Crippen molar-refractivity contribution in [2.45, 2.75) is 0 Å². The number of aromatic nitrogens is 3. The number of hydrogen-bond acceptors (Lipinski definition) is 3. The Bertz CT molecular complexity index is 628. The first-order chi connectivity index (χ1) is 7.81. The van der Waals surface area contributed by atoms with Gasteiger partial charge in [-0.25, -0.2) is 9.50 Å². The zero-order chi connectivity index (χ0) is 11.4. The van der Waals surface area contributed by atoms with Crippen molar-refractivity contribution in [3.8, 4) is 11.8 Å². The van der Waals surface area contributed by atoms with Gasteiger partial charge in [0.05, 0.1) is 12.7 Å². The standard InChI is InChI=1S/C9H5ClN6/c10-8-3-4-9-12-6-7(16(9)14-8)2-1-5-13-15-11/h3-4,6H,5H2. The average Bonchev–Trinajstić information content (AvgIpc) is 2.67. The van der Waals surface area contributed by atoms with Crippen LogP contribution in [0.3, 0.4) is 0 Å². The van der Waals surface area contributed by atoms with E-state index >= 15 is 0 Å². The van der Waals surface area contributed by atoms with E-state index < -0.39 is 0 Å². The van der Waals surface area contributed by atoms with E-state index in [4.69, 9.17) is 17.1 Å². The van der Waals surface area contributed by atoms with Gasteiger partial charge in [0.2, 0.25) is 0 Å². The van der Waals surface area contributed by atoms with Crippen LogP contribution in [0.4, 0.5) is 0 Å². The second-order valence-electron chi connectivity index (χ2n) is 2.76. The highest BCUT2D eigenvalue weighted by Gasteiger charge is 2.01. The van der Waals surface area contributed by atoms with Crippen LogP contribution in [0.1, 0.15) is 5.69 Å². The van der Waals surface area contributed by atoms with E-state index in [9.17, 15) is 0 Å². The topological polar surface area (TPSA) is 79.0 Å². The molecule has 0 fully saturated rings. The van der Waals surface area contributed by atoms with Crippen LogP contribution in [0, 0.1) is 11.8 Å². The predicted octanol–water partition coefficient (Wildman–Crippen LogP) is 2.04. The minimum Gasteiger partial charge on any atom is -0.234 e. The molecular formula is C9H5ClN6. The molecule has 0 aromatic carbocycles. The van der Waals surface area contributed by atoms with Crippen molar-refractivity contribution >= 4 is 17.2 Å². The summed E-state index contributed by atoms with van der Waals surface area (Å²) in [6.07, 6.45) is 1.59. The fraction of sp³-hybridized carbons (Fsp3) is 0.111. The maximum Gasteiger partial charge on any atom is 0.155 e. The summed E-state index contributed by atoms with van der Waals surface area (Å²) in [6.45, 7) is 0.115. The van der Waals surface area contributed by atoms with E-state index in [1.807, 2.05) is 0 Å². The molecule has 0 amide bonds. The fourth-order valence-electron chi connectivity index (χ4n) is 1.13. The smallest absolute Gasteiger partial charge is 0.155 e. The van der Waals surface area contributed by atoms with Crippen molar-refractivity contribution in [3.63, 3.8) is 0 Å². The van der Waals surface area contributed by atoms with Crippen molar-refractivity contribution in [2.24, 2.45) is 5.11 Å². The number of hydrogen-bond donors (Lipinski definition) is 0. The van der Waals surface area contributed by atoms with Crippen LogP contribution < -0.4 is 0 Å². The van der Waals surface area contributed by atoms with Crippen LogP contribution in [-0.4, -0.2) is 21.1 Å². The third-order valence-electron chi connectivity index (χ3n) is 1.76. The quantitative estimate of drug-likeness (QED) is 0.326. The lowest BCUT2D eigenvalue weighted by atomic mass is 10.4. The zero-order valence-electron chi connectivity index (χ0n) is 8.00. The average molecular weight is 233 g/mol. The molecule has 0 aliphatic carbocycles. The molecule has 0 radical (unpaired) electrons. The molecule has 2 heterocycles. The van der Waals surface area contributed by atoms with Gasteiger partial charge in [-0.1, -0.05) is 22.6 Å². The Kier molecular flexibility index (Phi) is 2.92. The molecule has 6 nitrogen and oxygen atoms in total. The summed E-state index contributed by atoms with van der Waals surface area (Å²) in [6, 6.07) is 3.40. The van der Waals surface area contributed by atoms with Crippen LogP contribution in [0.2, 0.25) is 5.15 Å². The molecule has 0 atom stereocenters. The summed E-state index contributed by atoms with van der Waals surface area (Å²) < 4.78 is 1.53. The molecule has 2 aromatic rings. The second-order valence-corrected chi connectivity index (χ2v) is 3.15. The molecule has 16 heavy (non-hydrogen) atoms. The summed E-state index contributed by atoms with van der Waals surface area (Å²) in [5.74, 6) is 5.48. The van der Waals surface area contributed by atoms with E-state index in [1.54, 1.807) is 18.3 Å². The molecule has 7 heteroatoms. The highest BCUT2D eigenvalue weighted by Crippen LogP contribution is 2.08. The molecule has 0 unspecified atom stereocenters. The van der Waals surface area contributed by atoms with E-state index in [1.165, 1.54) is 4.52 Å². The Morgan fingerprint density at radius 2 is 2.44 bits per heavy atom. The Hall–Kier alpha value is -2.22. The van der Waals surface area contributed by atoms with Gasteiger partial charge in [0.15, 0.2) is 5.65 Å². The summed E-state index contributed by atoms with van der Waals surface area (Å²) in [4.78, 5) is 6.69. The Balaban J connectivity index is 2.40. The van der Waals surface area contributed by atoms with Crippen molar-refractivity contribution in [1.82, 2.24) is 14.6 Å². The summed E-state index contributed by atoms with van der Waals surface area (Å²) in [7, 11) is 0. The van der Waals surface area contributed by atoms with Crippen molar-refractivity contribution < 1.29 is 0 Å². The normalized spacial score (nSPS) is 9.31.